The lowest BCUT2D eigenvalue weighted by Crippen LogP contribution is -2.38. The number of methoxy groups -OCH3 is 1. The number of ether oxygens (including phenoxy) is 2. The van der Waals surface area contributed by atoms with Gasteiger partial charge in [-0.3, -0.25) is 4.79 Å². The van der Waals surface area contributed by atoms with Crippen LogP contribution in [0, 0.1) is 0 Å². The number of carbonyl (C=O) groups excluding carboxylic acids is 1. The smallest absolute Gasteiger partial charge is 0.335 e. The molecule has 0 heterocycles. The van der Waals surface area contributed by atoms with Crippen molar-refractivity contribution in [1.29, 1.82) is 0 Å². The molecule has 1 unspecified atom stereocenters. The van der Waals surface area contributed by atoms with E-state index in [1.54, 1.807) is 20.8 Å². The van der Waals surface area contributed by atoms with Crippen molar-refractivity contribution < 1.29 is 26.6 Å². The molecule has 2 N–H and O–H groups in total. The average Bonchev–Trinajstić information content (AvgIpc) is 2.35. The van der Waals surface area contributed by atoms with E-state index in [2.05, 4.69) is 0 Å². The molecule has 0 fully saturated rings. The second-order valence-electron chi connectivity index (χ2n) is 5.77. The Hall–Kier alpha value is -1.67. The minimum Gasteiger partial charge on any atom is -0.495 e. The Morgan fingerprint density at radius 2 is 1.95 bits per heavy atom. The number of rotatable bonds is 5. The Morgan fingerprint density at radius 1 is 1.36 bits per heavy atom. The van der Waals surface area contributed by atoms with Crippen LogP contribution in [0.15, 0.2) is 23.1 Å². The van der Waals surface area contributed by atoms with E-state index in [4.69, 9.17) is 15.2 Å². The van der Waals surface area contributed by atoms with Crippen LogP contribution in [0.4, 0.5) is 3.89 Å². The van der Waals surface area contributed by atoms with E-state index in [1.165, 1.54) is 19.2 Å². The van der Waals surface area contributed by atoms with Gasteiger partial charge in [0.15, 0.2) is 0 Å². The van der Waals surface area contributed by atoms with Gasteiger partial charge in [0, 0.05) is 0 Å². The molecule has 0 saturated heterocycles. The highest BCUT2D eigenvalue weighted by molar-refractivity contribution is 7.86. The summed E-state index contributed by atoms with van der Waals surface area (Å²) in [5.74, 6) is -0.731. The summed E-state index contributed by atoms with van der Waals surface area (Å²) in [6.45, 7) is 5.12. The van der Waals surface area contributed by atoms with Crippen LogP contribution in [0.1, 0.15) is 26.3 Å². The number of hydrogen-bond donors (Lipinski definition) is 1. The lowest BCUT2D eigenvalue weighted by atomic mass is 10.1. The first-order valence-corrected chi connectivity index (χ1v) is 7.92. The first kappa shape index (κ1) is 18.4. The van der Waals surface area contributed by atoms with Crippen LogP contribution in [0.25, 0.3) is 0 Å². The lowest BCUT2D eigenvalue weighted by Gasteiger charge is -2.22. The zero-order chi connectivity index (χ0) is 17.1. The van der Waals surface area contributed by atoms with Crippen molar-refractivity contribution in [2.75, 3.05) is 7.11 Å². The SMILES string of the molecule is COc1ccc(CC(N)C(=O)OC(C)(C)C)cc1S(=O)(=O)F. The molecule has 6 nitrogen and oxygen atoms in total. The van der Waals surface area contributed by atoms with Crippen molar-refractivity contribution in [2.45, 2.75) is 43.7 Å². The summed E-state index contributed by atoms with van der Waals surface area (Å²) >= 11 is 0. The van der Waals surface area contributed by atoms with Gasteiger partial charge in [-0.15, -0.1) is 3.89 Å². The number of carbonyl (C=O) groups is 1. The summed E-state index contributed by atoms with van der Waals surface area (Å²) in [5, 5.41) is 0. The van der Waals surface area contributed by atoms with Crippen molar-refractivity contribution in [1.82, 2.24) is 0 Å². The number of hydrogen-bond acceptors (Lipinski definition) is 6. The second kappa shape index (κ2) is 6.62. The molecule has 0 bridgehead atoms. The maximum Gasteiger partial charge on any atom is 0.335 e. The Kier molecular flexibility index (Phi) is 5.53. The molecule has 124 valence electrons. The van der Waals surface area contributed by atoms with Crippen molar-refractivity contribution in [3.8, 4) is 5.75 Å². The quantitative estimate of drug-likeness (QED) is 0.649. The van der Waals surface area contributed by atoms with Crippen molar-refractivity contribution in [3.05, 3.63) is 23.8 Å². The van der Waals surface area contributed by atoms with E-state index < -0.39 is 32.7 Å². The van der Waals surface area contributed by atoms with E-state index in [9.17, 15) is 17.1 Å². The summed E-state index contributed by atoms with van der Waals surface area (Å²) in [7, 11) is -3.70. The van der Waals surface area contributed by atoms with E-state index in [-0.39, 0.29) is 12.2 Å². The number of halogens is 1. The van der Waals surface area contributed by atoms with Crippen LogP contribution in [-0.4, -0.2) is 33.1 Å². The molecule has 0 aliphatic heterocycles. The van der Waals surface area contributed by atoms with Gasteiger partial charge in [0.2, 0.25) is 0 Å². The molecule has 1 aromatic carbocycles. The Bertz CT molecular complexity index is 652. The molecule has 0 radical (unpaired) electrons. The van der Waals surface area contributed by atoms with Crippen LogP contribution in [0.2, 0.25) is 0 Å². The monoisotopic (exact) mass is 333 g/mol. The number of esters is 1. The zero-order valence-corrected chi connectivity index (χ0v) is 13.7. The molecule has 22 heavy (non-hydrogen) atoms. The predicted molar refractivity (Wildman–Crippen MR) is 78.8 cm³/mol. The van der Waals surface area contributed by atoms with Gasteiger partial charge in [-0.05, 0) is 44.9 Å². The van der Waals surface area contributed by atoms with E-state index >= 15 is 0 Å². The summed E-state index contributed by atoms with van der Waals surface area (Å²) in [4.78, 5) is 11.2. The standard InChI is InChI=1S/C14H20FNO5S/c1-14(2,3)21-13(17)10(16)7-9-5-6-11(20-4)12(8-9)22(15,18)19/h5-6,8,10H,7,16H2,1-4H3. The van der Waals surface area contributed by atoms with Crippen molar-refractivity contribution in [2.24, 2.45) is 5.73 Å². The van der Waals surface area contributed by atoms with Crippen molar-refractivity contribution in [3.63, 3.8) is 0 Å². The van der Waals surface area contributed by atoms with E-state index in [0.717, 1.165) is 6.07 Å². The fourth-order valence-electron chi connectivity index (χ4n) is 1.75. The molecular weight excluding hydrogens is 313 g/mol. The minimum atomic E-state index is -4.93. The predicted octanol–water partition coefficient (Wildman–Crippen LogP) is 1.56. The molecule has 1 atom stereocenters. The Morgan fingerprint density at radius 3 is 2.41 bits per heavy atom. The van der Waals surface area contributed by atoms with Gasteiger partial charge < -0.3 is 15.2 Å². The maximum atomic E-state index is 13.2. The van der Waals surface area contributed by atoms with Gasteiger partial charge in [0.05, 0.1) is 7.11 Å². The van der Waals surface area contributed by atoms with Gasteiger partial charge >= 0.3 is 16.2 Å². The molecule has 0 aliphatic carbocycles. The fourth-order valence-corrected chi connectivity index (χ4v) is 2.44. The van der Waals surface area contributed by atoms with Crippen LogP contribution >= 0.6 is 0 Å². The molecule has 0 amide bonds. The van der Waals surface area contributed by atoms with E-state index in [0.29, 0.717) is 5.56 Å². The molecule has 0 aliphatic rings. The third-order valence-electron chi connectivity index (χ3n) is 2.66. The van der Waals surface area contributed by atoms with Crippen LogP contribution in [-0.2, 0) is 26.2 Å². The maximum absolute atomic E-state index is 13.2. The highest BCUT2D eigenvalue weighted by atomic mass is 32.3. The van der Waals surface area contributed by atoms with Gasteiger partial charge in [-0.1, -0.05) is 6.07 Å². The van der Waals surface area contributed by atoms with Gasteiger partial charge in [0.25, 0.3) is 0 Å². The molecule has 1 aromatic rings. The Balaban J connectivity index is 2.98. The molecule has 1 rings (SSSR count). The third-order valence-corrected chi connectivity index (χ3v) is 3.50. The number of nitrogens with two attached hydrogens (primary N) is 1. The summed E-state index contributed by atoms with van der Waals surface area (Å²) in [5.41, 5.74) is 5.44. The van der Waals surface area contributed by atoms with Crippen molar-refractivity contribution >= 4 is 16.2 Å². The molecule has 0 spiro atoms. The minimum absolute atomic E-state index is 0.0153. The fraction of sp³-hybridized carbons (Fsp3) is 0.500. The average molecular weight is 333 g/mol. The molecule has 0 saturated carbocycles. The second-order valence-corrected chi connectivity index (χ2v) is 7.08. The highest BCUT2D eigenvalue weighted by Crippen LogP contribution is 2.27. The largest absolute Gasteiger partial charge is 0.495 e. The molecular formula is C14H20FNO5S. The topological polar surface area (TPSA) is 95.7 Å². The number of benzene rings is 1. The summed E-state index contributed by atoms with van der Waals surface area (Å²) < 4.78 is 45.4. The zero-order valence-electron chi connectivity index (χ0n) is 12.9. The van der Waals surface area contributed by atoms with Gasteiger partial charge in [-0.2, -0.15) is 8.42 Å². The van der Waals surface area contributed by atoms with Crippen LogP contribution in [0.3, 0.4) is 0 Å². The molecule has 8 heteroatoms. The van der Waals surface area contributed by atoms with Gasteiger partial charge in [-0.25, -0.2) is 0 Å². The lowest BCUT2D eigenvalue weighted by molar-refractivity contribution is -0.156. The first-order chi connectivity index (χ1) is 9.94. The van der Waals surface area contributed by atoms with Gasteiger partial charge in [0.1, 0.15) is 22.3 Å². The first-order valence-electron chi connectivity index (χ1n) is 6.54. The van der Waals surface area contributed by atoms with E-state index in [1.807, 2.05) is 0 Å². The highest BCUT2D eigenvalue weighted by Gasteiger charge is 2.24. The Labute approximate surface area is 129 Å². The van der Waals surface area contributed by atoms with Crippen LogP contribution in [0.5, 0.6) is 5.75 Å². The molecule has 0 aromatic heterocycles. The summed E-state index contributed by atoms with van der Waals surface area (Å²) in [6, 6.07) is 2.93. The summed E-state index contributed by atoms with van der Waals surface area (Å²) in [6.07, 6.45) is 0.0153. The third kappa shape index (κ3) is 5.27. The normalized spacial score (nSPS) is 13.5. The van der Waals surface area contributed by atoms with Crippen LogP contribution < -0.4 is 10.5 Å².